The van der Waals surface area contributed by atoms with Gasteiger partial charge in [0.2, 0.25) is 5.91 Å². The van der Waals surface area contributed by atoms with E-state index in [1.807, 2.05) is 0 Å². The molecule has 5 nitrogen and oxygen atoms in total. The second kappa shape index (κ2) is 9.51. The van der Waals surface area contributed by atoms with Crippen molar-refractivity contribution in [3.63, 3.8) is 0 Å². The summed E-state index contributed by atoms with van der Waals surface area (Å²) in [6.07, 6.45) is -4.47. The van der Waals surface area contributed by atoms with E-state index in [4.69, 9.17) is 0 Å². The molecule has 156 valence electrons. The smallest absolute Gasteiger partial charge is 0.343 e. The summed E-state index contributed by atoms with van der Waals surface area (Å²) in [4.78, 5) is 25.8. The Bertz CT molecular complexity index is 854. The van der Waals surface area contributed by atoms with Crippen molar-refractivity contribution in [1.29, 1.82) is 0 Å². The number of amides is 2. The lowest BCUT2D eigenvalue weighted by atomic mass is 10.1. The van der Waals surface area contributed by atoms with Gasteiger partial charge in [-0.2, -0.15) is 13.2 Å². The van der Waals surface area contributed by atoms with Crippen LogP contribution in [0.3, 0.4) is 0 Å². The summed E-state index contributed by atoms with van der Waals surface area (Å²) in [6.45, 7) is 0.608. The summed E-state index contributed by atoms with van der Waals surface area (Å²) < 4.78 is 50.2. The first-order valence-electron chi connectivity index (χ1n) is 8.76. The van der Waals surface area contributed by atoms with Crippen LogP contribution >= 0.6 is 0 Å². The van der Waals surface area contributed by atoms with Crippen molar-refractivity contribution in [2.75, 3.05) is 18.9 Å². The van der Waals surface area contributed by atoms with Crippen LogP contribution in [0.25, 0.3) is 0 Å². The van der Waals surface area contributed by atoms with Crippen LogP contribution in [0.5, 0.6) is 0 Å². The third-order valence-electron chi connectivity index (χ3n) is 4.27. The van der Waals surface area contributed by atoms with E-state index in [9.17, 15) is 27.2 Å². The number of nitrogens with one attached hydrogen (secondary N) is 2. The van der Waals surface area contributed by atoms with Crippen molar-refractivity contribution in [3.8, 4) is 0 Å². The fourth-order valence-electron chi connectivity index (χ4n) is 2.47. The molecule has 0 unspecified atom stereocenters. The van der Waals surface area contributed by atoms with Gasteiger partial charge in [0.1, 0.15) is 12.4 Å². The number of benzene rings is 2. The Morgan fingerprint density at radius 3 is 2.28 bits per heavy atom. The summed E-state index contributed by atoms with van der Waals surface area (Å²) in [5.41, 5.74) is 0.948. The minimum atomic E-state index is -4.47. The molecule has 2 aromatic carbocycles. The minimum Gasteiger partial charge on any atom is -0.343 e. The maximum Gasteiger partial charge on any atom is 0.405 e. The highest BCUT2D eigenvalue weighted by molar-refractivity contribution is 5.95. The van der Waals surface area contributed by atoms with E-state index in [0.29, 0.717) is 6.54 Å². The molecule has 0 aliphatic rings. The van der Waals surface area contributed by atoms with Crippen LogP contribution in [0.1, 0.15) is 22.8 Å². The Balaban J connectivity index is 1.92. The highest BCUT2D eigenvalue weighted by atomic mass is 19.4. The fourth-order valence-corrected chi connectivity index (χ4v) is 2.47. The number of anilines is 1. The van der Waals surface area contributed by atoms with E-state index in [1.165, 1.54) is 30.3 Å². The van der Waals surface area contributed by atoms with Gasteiger partial charge in [-0.25, -0.2) is 4.39 Å². The normalized spacial score (nSPS) is 12.5. The van der Waals surface area contributed by atoms with Crippen LogP contribution in [0, 0.1) is 5.82 Å². The Morgan fingerprint density at radius 1 is 1.07 bits per heavy atom. The Hall–Kier alpha value is -2.94. The molecule has 0 spiro atoms. The SMILES string of the molecule is C[C@@H](C(=O)Nc1ccccc1F)N(C)Cc1ccc(C(=O)NCC(F)(F)F)cc1. The van der Waals surface area contributed by atoms with Crippen LogP contribution in [0.4, 0.5) is 23.2 Å². The van der Waals surface area contributed by atoms with E-state index in [2.05, 4.69) is 5.32 Å². The number of hydrogen-bond acceptors (Lipinski definition) is 3. The average Bonchev–Trinajstić information content (AvgIpc) is 2.67. The molecule has 2 aromatic rings. The molecule has 0 heterocycles. The number of likely N-dealkylation sites (N-methyl/N-ethyl adjacent to an activating group) is 1. The third kappa shape index (κ3) is 6.86. The summed E-state index contributed by atoms with van der Waals surface area (Å²) in [5.74, 6) is -1.74. The number of carbonyl (C=O) groups is 2. The lowest BCUT2D eigenvalue weighted by molar-refractivity contribution is -0.123. The molecule has 29 heavy (non-hydrogen) atoms. The number of rotatable bonds is 7. The Labute approximate surface area is 165 Å². The standard InChI is InChI=1S/C20H21F4N3O2/c1-13(18(28)26-17-6-4-3-5-16(17)21)27(2)11-14-7-9-15(10-8-14)19(29)25-12-20(22,23)24/h3-10,13H,11-12H2,1-2H3,(H,25,29)(H,26,28)/t13-/m0/s1. The summed E-state index contributed by atoms with van der Waals surface area (Å²) in [7, 11) is 1.70. The molecule has 9 heteroatoms. The Morgan fingerprint density at radius 2 is 1.69 bits per heavy atom. The van der Waals surface area contributed by atoms with Crippen LogP contribution in [0.15, 0.2) is 48.5 Å². The first-order chi connectivity index (χ1) is 13.6. The predicted octanol–water partition coefficient (Wildman–Crippen LogP) is 3.58. The van der Waals surface area contributed by atoms with Crippen molar-refractivity contribution in [3.05, 3.63) is 65.5 Å². The number of nitrogens with zero attached hydrogens (tertiary/aromatic N) is 1. The monoisotopic (exact) mass is 411 g/mol. The maximum atomic E-state index is 13.7. The van der Waals surface area contributed by atoms with Crippen LogP contribution in [0.2, 0.25) is 0 Å². The van der Waals surface area contributed by atoms with Crippen molar-refractivity contribution in [2.45, 2.75) is 25.7 Å². The molecule has 0 aromatic heterocycles. The van der Waals surface area contributed by atoms with E-state index < -0.39 is 30.5 Å². The number of alkyl halides is 3. The van der Waals surface area contributed by atoms with Gasteiger partial charge in [0.15, 0.2) is 0 Å². The summed E-state index contributed by atoms with van der Waals surface area (Å²) in [6, 6.07) is 11.3. The van der Waals surface area contributed by atoms with Crippen molar-refractivity contribution in [2.24, 2.45) is 0 Å². The van der Waals surface area contributed by atoms with Gasteiger partial charge in [0.05, 0.1) is 11.7 Å². The molecule has 0 saturated heterocycles. The van der Waals surface area contributed by atoms with Crippen LogP contribution < -0.4 is 10.6 Å². The number of para-hydroxylation sites is 1. The van der Waals surface area contributed by atoms with Crippen molar-refractivity contribution >= 4 is 17.5 Å². The van der Waals surface area contributed by atoms with Crippen molar-refractivity contribution < 1.29 is 27.2 Å². The van der Waals surface area contributed by atoms with Gasteiger partial charge in [0, 0.05) is 12.1 Å². The molecule has 0 bridgehead atoms. The molecule has 2 N–H and O–H groups in total. The third-order valence-corrected chi connectivity index (χ3v) is 4.27. The highest BCUT2D eigenvalue weighted by Crippen LogP contribution is 2.15. The lowest BCUT2D eigenvalue weighted by Crippen LogP contribution is -2.39. The van der Waals surface area contributed by atoms with Crippen molar-refractivity contribution in [1.82, 2.24) is 10.2 Å². The number of carbonyl (C=O) groups excluding carboxylic acids is 2. The highest BCUT2D eigenvalue weighted by Gasteiger charge is 2.28. The second-order valence-corrected chi connectivity index (χ2v) is 6.55. The maximum absolute atomic E-state index is 13.7. The molecule has 0 aliphatic carbocycles. The zero-order valence-electron chi connectivity index (χ0n) is 15.9. The molecule has 1 atom stereocenters. The lowest BCUT2D eigenvalue weighted by Gasteiger charge is -2.24. The zero-order valence-corrected chi connectivity index (χ0v) is 15.9. The van der Waals surface area contributed by atoms with E-state index in [1.54, 1.807) is 42.4 Å². The van der Waals surface area contributed by atoms with Gasteiger partial charge in [-0.3, -0.25) is 14.5 Å². The molecule has 2 amide bonds. The first-order valence-corrected chi connectivity index (χ1v) is 8.76. The molecule has 0 saturated carbocycles. The van der Waals surface area contributed by atoms with E-state index in [0.717, 1.165) is 5.56 Å². The van der Waals surface area contributed by atoms with Gasteiger partial charge in [0.25, 0.3) is 5.91 Å². The van der Waals surface area contributed by atoms with Gasteiger partial charge < -0.3 is 10.6 Å². The number of hydrogen-bond donors (Lipinski definition) is 2. The molecule has 0 aliphatic heterocycles. The predicted molar refractivity (Wildman–Crippen MR) is 101 cm³/mol. The quantitative estimate of drug-likeness (QED) is 0.685. The average molecular weight is 411 g/mol. The minimum absolute atomic E-state index is 0.0898. The molecule has 2 rings (SSSR count). The van der Waals surface area contributed by atoms with Gasteiger partial charge in [-0.05, 0) is 43.8 Å². The summed E-state index contributed by atoms with van der Waals surface area (Å²) >= 11 is 0. The molecule has 0 fully saturated rings. The first kappa shape index (κ1) is 22.4. The van der Waals surface area contributed by atoms with E-state index in [-0.39, 0.29) is 17.2 Å². The van der Waals surface area contributed by atoms with E-state index >= 15 is 0 Å². The van der Waals surface area contributed by atoms with Gasteiger partial charge in [-0.15, -0.1) is 0 Å². The van der Waals surface area contributed by atoms with Crippen LogP contribution in [-0.2, 0) is 11.3 Å². The fraction of sp³-hybridized carbons (Fsp3) is 0.300. The zero-order chi connectivity index (χ0) is 21.6. The van der Waals surface area contributed by atoms with Gasteiger partial charge >= 0.3 is 6.18 Å². The Kier molecular flexibility index (Phi) is 7.33. The van der Waals surface area contributed by atoms with Gasteiger partial charge in [-0.1, -0.05) is 24.3 Å². The molecular weight excluding hydrogens is 390 g/mol. The summed E-state index contributed by atoms with van der Waals surface area (Å²) in [5, 5.41) is 4.33. The topological polar surface area (TPSA) is 61.4 Å². The molecular formula is C20H21F4N3O2. The second-order valence-electron chi connectivity index (χ2n) is 6.55. The van der Waals surface area contributed by atoms with Crippen LogP contribution in [-0.4, -0.2) is 42.5 Å². The molecule has 0 radical (unpaired) electrons. The largest absolute Gasteiger partial charge is 0.405 e. The number of halogens is 4.